The summed E-state index contributed by atoms with van der Waals surface area (Å²) in [4.78, 5) is 45.0. The summed E-state index contributed by atoms with van der Waals surface area (Å²) in [5, 5.41) is 31.1. The average molecular weight is 379 g/mol. The Morgan fingerprint density at radius 1 is 1.16 bits per heavy atom. The molecule has 0 aromatic carbocycles. The number of aliphatic hydroxyl groups excluding tert-OH is 1. The number of aliphatic hydroxyl groups is 1. The van der Waals surface area contributed by atoms with Crippen molar-refractivity contribution in [3.8, 4) is 0 Å². The molecule has 0 aromatic heterocycles. The third kappa shape index (κ3) is 12.2. The fourth-order valence-electron chi connectivity index (χ4n) is 1.60. The van der Waals surface area contributed by atoms with Gasteiger partial charge in [-0.2, -0.15) is 11.8 Å². The molecule has 0 aliphatic rings. The maximum Gasteiger partial charge on any atom is 0.322 e. The second-order valence-corrected chi connectivity index (χ2v) is 6.58. The van der Waals surface area contributed by atoms with Crippen molar-refractivity contribution in [2.24, 2.45) is 5.73 Å². The topological polar surface area (TPSA) is 179 Å². The summed E-state index contributed by atoms with van der Waals surface area (Å²) in [6.07, 6.45) is -0.233. The Morgan fingerprint density at radius 2 is 1.80 bits per heavy atom. The highest BCUT2D eigenvalue weighted by atomic mass is 32.2. The molecule has 0 spiro atoms. The highest BCUT2D eigenvalue weighted by Crippen LogP contribution is 2.08. The Morgan fingerprint density at radius 3 is 2.32 bits per heavy atom. The summed E-state index contributed by atoms with van der Waals surface area (Å²) in [7, 11) is 0. The molecule has 7 N–H and O–H groups in total. The van der Waals surface area contributed by atoms with Crippen LogP contribution in [0, 0.1) is 0 Å². The first kappa shape index (κ1) is 23.1. The molecule has 2 amide bonds. The molecular weight excluding hydrogens is 354 g/mol. The number of carbonyl (C=O) groups is 4. The Labute approximate surface area is 149 Å². The van der Waals surface area contributed by atoms with Crippen LogP contribution in [0.2, 0.25) is 0 Å². The molecule has 0 aliphatic carbocycles. The normalized spacial score (nSPS) is 14.2. The molecule has 0 heterocycles. The van der Waals surface area contributed by atoms with Gasteiger partial charge in [0.25, 0.3) is 0 Å². The van der Waals surface area contributed by atoms with E-state index in [4.69, 9.17) is 15.9 Å². The van der Waals surface area contributed by atoms with E-state index in [1.807, 2.05) is 0 Å². The molecule has 0 saturated carbocycles. The van der Waals surface area contributed by atoms with Gasteiger partial charge in [0.05, 0.1) is 6.10 Å². The number of nitrogens with one attached hydrogen (secondary N) is 2. The van der Waals surface area contributed by atoms with E-state index >= 15 is 0 Å². The van der Waals surface area contributed by atoms with Gasteiger partial charge < -0.3 is 31.7 Å². The maximum absolute atomic E-state index is 12.0. The number of hydrogen-bond donors (Lipinski definition) is 6. The fraction of sp³-hybridized carbons (Fsp3) is 0.714. The van der Waals surface area contributed by atoms with E-state index in [9.17, 15) is 24.3 Å². The molecule has 144 valence electrons. The molecule has 0 fully saturated rings. The predicted molar refractivity (Wildman–Crippen MR) is 91.0 cm³/mol. The lowest BCUT2D eigenvalue weighted by Gasteiger charge is -2.18. The number of aliphatic carboxylic acids is 2. The van der Waals surface area contributed by atoms with Crippen LogP contribution >= 0.6 is 11.8 Å². The molecule has 0 bridgehead atoms. The second-order valence-electron chi connectivity index (χ2n) is 5.43. The van der Waals surface area contributed by atoms with Crippen molar-refractivity contribution in [2.75, 3.05) is 18.1 Å². The lowest BCUT2D eigenvalue weighted by atomic mass is 10.1. The molecule has 3 atom stereocenters. The number of carbonyl (C=O) groups excluding carboxylic acids is 2. The molecule has 1 unspecified atom stereocenters. The highest BCUT2D eigenvalue weighted by Gasteiger charge is 2.22. The van der Waals surface area contributed by atoms with Crippen molar-refractivity contribution in [1.29, 1.82) is 0 Å². The van der Waals surface area contributed by atoms with Gasteiger partial charge in [0.1, 0.15) is 18.6 Å². The minimum atomic E-state index is -1.22. The fourth-order valence-corrected chi connectivity index (χ4v) is 2.75. The number of nitrogens with two attached hydrogens (primary N) is 1. The first-order valence-corrected chi connectivity index (χ1v) is 8.82. The lowest BCUT2D eigenvalue weighted by molar-refractivity contribution is -0.139. The maximum atomic E-state index is 12.0. The minimum Gasteiger partial charge on any atom is -0.480 e. The van der Waals surface area contributed by atoms with Crippen LogP contribution in [0.3, 0.4) is 0 Å². The van der Waals surface area contributed by atoms with E-state index in [-0.39, 0.29) is 18.6 Å². The molecule has 10 nitrogen and oxygen atoms in total. The van der Waals surface area contributed by atoms with Gasteiger partial charge in [-0.05, 0) is 25.5 Å². The average Bonchev–Trinajstić information content (AvgIpc) is 2.52. The smallest absolute Gasteiger partial charge is 0.322 e. The van der Waals surface area contributed by atoms with E-state index < -0.39 is 48.5 Å². The zero-order chi connectivity index (χ0) is 19.4. The van der Waals surface area contributed by atoms with Crippen molar-refractivity contribution < 1.29 is 34.5 Å². The number of rotatable bonds is 13. The van der Waals surface area contributed by atoms with Crippen LogP contribution in [0.25, 0.3) is 0 Å². The van der Waals surface area contributed by atoms with Gasteiger partial charge in [0, 0.05) is 12.2 Å². The lowest BCUT2D eigenvalue weighted by Crippen LogP contribution is -2.49. The summed E-state index contributed by atoms with van der Waals surface area (Å²) in [6, 6.07) is -2.14. The molecule has 11 heteroatoms. The van der Waals surface area contributed by atoms with Gasteiger partial charge in [0.15, 0.2) is 0 Å². The molecule has 0 aromatic rings. The Balaban J connectivity index is 4.53. The summed E-state index contributed by atoms with van der Waals surface area (Å²) < 4.78 is 0. The number of thioether (sulfide) groups is 1. The molecule has 0 rings (SSSR count). The summed E-state index contributed by atoms with van der Waals surface area (Å²) in [5.41, 5.74) is 5.31. The van der Waals surface area contributed by atoms with Crippen LogP contribution in [0.4, 0.5) is 0 Å². The quantitative estimate of drug-likeness (QED) is 0.205. The number of carboxylic acids is 2. The van der Waals surface area contributed by atoms with Gasteiger partial charge in [-0.1, -0.05) is 0 Å². The molecular formula is C14H25N3O7S. The van der Waals surface area contributed by atoms with Gasteiger partial charge >= 0.3 is 11.9 Å². The summed E-state index contributed by atoms with van der Waals surface area (Å²) >= 11 is 1.32. The van der Waals surface area contributed by atoms with E-state index in [1.54, 1.807) is 6.92 Å². The van der Waals surface area contributed by atoms with E-state index in [1.165, 1.54) is 11.8 Å². The molecule has 0 radical (unpaired) electrons. The number of hydrogen-bond acceptors (Lipinski definition) is 7. The van der Waals surface area contributed by atoms with Gasteiger partial charge in [-0.3, -0.25) is 19.2 Å². The van der Waals surface area contributed by atoms with Gasteiger partial charge in [-0.25, -0.2) is 0 Å². The first-order chi connectivity index (χ1) is 11.6. The van der Waals surface area contributed by atoms with Crippen LogP contribution in [0.15, 0.2) is 0 Å². The van der Waals surface area contributed by atoms with Crippen LogP contribution < -0.4 is 16.4 Å². The summed E-state index contributed by atoms with van der Waals surface area (Å²) in [6.45, 7) is 1.05. The Hall–Kier alpha value is -1.85. The Bertz CT molecular complexity index is 473. The van der Waals surface area contributed by atoms with Crippen molar-refractivity contribution in [1.82, 2.24) is 10.6 Å². The van der Waals surface area contributed by atoms with Crippen molar-refractivity contribution in [2.45, 2.75) is 44.4 Å². The molecule has 25 heavy (non-hydrogen) atoms. The number of carboxylic acid groups (broad SMARTS) is 2. The Kier molecular flexibility index (Phi) is 11.6. The van der Waals surface area contributed by atoms with Crippen LogP contribution in [0.5, 0.6) is 0 Å². The third-order valence-electron chi connectivity index (χ3n) is 3.03. The SMILES string of the molecule is CC(O)CCSC[C@H](NC(=O)CC[C@H](N)C(=O)O)C(=O)NCC(=O)O. The van der Waals surface area contributed by atoms with Gasteiger partial charge in [0.2, 0.25) is 11.8 Å². The van der Waals surface area contributed by atoms with E-state index in [0.29, 0.717) is 12.2 Å². The van der Waals surface area contributed by atoms with Crippen molar-refractivity contribution in [3.63, 3.8) is 0 Å². The first-order valence-electron chi connectivity index (χ1n) is 7.66. The van der Waals surface area contributed by atoms with E-state index in [2.05, 4.69) is 10.6 Å². The zero-order valence-electron chi connectivity index (χ0n) is 13.9. The summed E-state index contributed by atoms with van der Waals surface area (Å²) in [5.74, 6) is -2.90. The standard InChI is InChI=1S/C14H25N3O7S/c1-8(18)4-5-25-7-10(13(22)16-6-12(20)21)17-11(19)3-2-9(15)14(23)24/h8-10,18H,2-7,15H2,1H3,(H,16,22)(H,17,19)(H,20,21)(H,23,24)/t8?,9-,10-/m0/s1. The second kappa shape index (κ2) is 12.5. The minimum absolute atomic E-state index is 0.0835. The monoisotopic (exact) mass is 379 g/mol. The third-order valence-corrected chi connectivity index (χ3v) is 4.12. The van der Waals surface area contributed by atoms with E-state index in [0.717, 1.165) is 0 Å². The molecule has 0 aliphatic heterocycles. The predicted octanol–water partition coefficient (Wildman–Crippen LogP) is -1.63. The van der Waals surface area contributed by atoms with Crippen molar-refractivity contribution >= 4 is 35.5 Å². The highest BCUT2D eigenvalue weighted by molar-refractivity contribution is 7.99. The largest absolute Gasteiger partial charge is 0.480 e. The molecule has 0 saturated heterocycles. The zero-order valence-corrected chi connectivity index (χ0v) is 14.8. The van der Waals surface area contributed by atoms with Gasteiger partial charge in [-0.15, -0.1) is 0 Å². The van der Waals surface area contributed by atoms with Crippen molar-refractivity contribution in [3.05, 3.63) is 0 Å². The van der Waals surface area contributed by atoms with Crippen LogP contribution in [-0.4, -0.2) is 75.3 Å². The van der Waals surface area contributed by atoms with Crippen LogP contribution in [0.1, 0.15) is 26.2 Å². The van der Waals surface area contributed by atoms with Crippen LogP contribution in [-0.2, 0) is 19.2 Å². The number of amides is 2.